The first kappa shape index (κ1) is 15.0. The lowest BCUT2D eigenvalue weighted by Gasteiger charge is -2.23. The van der Waals surface area contributed by atoms with Crippen molar-refractivity contribution in [2.45, 2.75) is 12.2 Å². The van der Waals surface area contributed by atoms with Crippen LogP contribution in [0.3, 0.4) is 0 Å². The molecule has 5 heteroatoms. The predicted octanol–water partition coefficient (Wildman–Crippen LogP) is 1.40. The summed E-state index contributed by atoms with van der Waals surface area (Å²) in [6, 6.07) is 13.6. The number of fused-ring (bicyclic) bond motifs is 1. The molecule has 1 saturated heterocycles. The van der Waals surface area contributed by atoms with Gasteiger partial charge in [-0.1, -0.05) is 42.5 Å². The molecule has 1 aliphatic heterocycles. The second-order valence-corrected chi connectivity index (χ2v) is 5.26. The Morgan fingerprint density at radius 3 is 2.86 bits per heavy atom. The Morgan fingerprint density at radius 1 is 1.23 bits per heavy atom. The van der Waals surface area contributed by atoms with Crippen molar-refractivity contribution < 1.29 is 19.4 Å². The topological polar surface area (TPSA) is 67.8 Å². The minimum atomic E-state index is -0.764. The molecule has 116 valence electrons. The Morgan fingerprint density at radius 2 is 2.05 bits per heavy atom. The van der Waals surface area contributed by atoms with E-state index < -0.39 is 12.2 Å². The van der Waals surface area contributed by atoms with Crippen molar-refractivity contribution in [2.24, 2.45) is 0 Å². The zero-order chi connectivity index (χ0) is 15.4. The van der Waals surface area contributed by atoms with Crippen molar-refractivity contribution in [3.05, 3.63) is 48.0 Å². The van der Waals surface area contributed by atoms with Crippen molar-refractivity contribution >= 4 is 16.7 Å². The maximum atomic E-state index is 12.0. The molecule has 2 unspecified atom stereocenters. The van der Waals surface area contributed by atoms with E-state index in [2.05, 4.69) is 5.32 Å². The summed E-state index contributed by atoms with van der Waals surface area (Å²) in [5, 5.41) is 15.2. The van der Waals surface area contributed by atoms with Crippen LogP contribution in [-0.2, 0) is 14.3 Å². The van der Waals surface area contributed by atoms with Crippen LogP contribution in [0, 0.1) is 0 Å². The lowest BCUT2D eigenvalue weighted by molar-refractivity contribution is -0.147. The largest absolute Gasteiger partial charge is 0.387 e. The number of amides is 1. The molecule has 0 spiro atoms. The Balaban J connectivity index is 1.66. The molecule has 0 bridgehead atoms. The molecule has 0 radical (unpaired) electrons. The number of carbonyl (C=O) groups excluding carboxylic acids is 1. The summed E-state index contributed by atoms with van der Waals surface area (Å²) in [5.41, 5.74) is 0.805. The zero-order valence-corrected chi connectivity index (χ0v) is 12.2. The van der Waals surface area contributed by atoms with Crippen LogP contribution < -0.4 is 5.32 Å². The number of aliphatic hydroxyl groups excluding tert-OH is 1. The summed E-state index contributed by atoms with van der Waals surface area (Å²) in [5.74, 6) is -0.251. The van der Waals surface area contributed by atoms with Crippen LogP contribution in [0.2, 0.25) is 0 Å². The van der Waals surface area contributed by atoms with Gasteiger partial charge in [-0.25, -0.2) is 0 Å². The molecule has 1 amide bonds. The van der Waals surface area contributed by atoms with Gasteiger partial charge in [-0.15, -0.1) is 0 Å². The maximum Gasteiger partial charge on any atom is 0.251 e. The smallest absolute Gasteiger partial charge is 0.251 e. The highest BCUT2D eigenvalue weighted by atomic mass is 16.6. The van der Waals surface area contributed by atoms with Gasteiger partial charge in [-0.2, -0.15) is 0 Å². The molecular formula is C17H19NO4. The molecule has 2 aromatic rings. The van der Waals surface area contributed by atoms with E-state index in [0.717, 1.165) is 16.3 Å². The molecule has 3 rings (SSSR count). The Bertz CT molecular complexity index is 647. The minimum Gasteiger partial charge on any atom is -0.387 e. The molecular weight excluding hydrogens is 282 g/mol. The molecule has 2 atom stereocenters. The van der Waals surface area contributed by atoms with Gasteiger partial charge in [0.15, 0.2) is 6.10 Å². The van der Waals surface area contributed by atoms with Crippen LogP contribution >= 0.6 is 0 Å². The van der Waals surface area contributed by atoms with E-state index in [0.29, 0.717) is 13.2 Å². The van der Waals surface area contributed by atoms with Gasteiger partial charge in [-0.05, 0) is 16.3 Å². The normalized spacial score (nSPS) is 19.8. The molecule has 2 N–H and O–H groups in total. The number of rotatable bonds is 4. The molecule has 2 aromatic carbocycles. The summed E-state index contributed by atoms with van der Waals surface area (Å²) in [4.78, 5) is 12.0. The number of ether oxygens (including phenoxy) is 2. The average molecular weight is 301 g/mol. The van der Waals surface area contributed by atoms with Crippen molar-refractivity contribution in [1.82, 2.24) is 5.32 Å². The number of carbonyl (C=O) groups is 1. The van der Waals surface area contributed by atoms with E-state index in [1.165, 1.54) is 0 Å². The highest BCUT2D eigenvalue weighted by Crippen LogP contribution is 2.23. The van der Waals surface area contributed by atoms with Crippen LogP contribution in [0.4, 0.5) is 0 Å². The Labute approximate surface area is 128 Å². The molecule has 22 heavy (non-hydrogen) atoms. The Hall–Kier alpha value is -1.95. The summed E-state index contributed by atoms with van der Waals surface area (Å²) in [6.45, 7) is 1.34. The molecule has 1 fully saturated rings. The van der Waals surface area contributed by atoms with Gasteiger partial charge in [0.2, 0.25) is 0 Å². The molecule has 5 nitrogen and oxygen atoms in total. The van der Waals surface area contributed by atoms with Crippen LogP contribution in [0.5, 0.6) is 0 Å². The number of hydrogen-bond donors (Lipinski definition) is 2. The maximum absolute atomic E-state index is 12.0. The second-order valence-electron chi connectivity index (χ2n) is 5.26. The first-order valence-electron chi connectivity index (χ1n) is 7.38. The van der Waals surface area contributed by atoms with E-state index in [1.807, 2.05) is 42.5 Å². The highest BCUT2D eigenvalue weighted by Gasteiger charge is 2.23. The van der Waals surface area contributed by atoms with Gasteiger partial charge in [0.1, 0.15) is 0 Å². The molecule has 0 aromatic heterocycles. The van der Waals surface area contributed by atoms with E-state index in [1.54, 1.807) is 0 Å². The number of benzene rings is 2. The highest BCUT2D eigenvalue weighted by molar-refractivity contribution is 5.86. The van der Waals surface area contributed by atoms with Crippen LogP contribution in [-0.4, -0.2) is 43.5 Å². The van der Waals surface area contributed by atoms with Gasteiger partial charge in [0.25, 0.3) is 5.91 Å². The molecule has 1 heterocycles. The SMILES string of the molecule is O=C(NCC(O)c1cccc2ccccc12)C1COCCO1. The standard InChI is InChI=1S/C17H19NO4/c19-15(10-18-17(20)16-11-21-8-9-22-16)14-7-3-5-12-4-1-2-6-13(12)14/h1-7,15-16,19H,8-11H2,(H,18,20). The Kier molecular flexibility index (Phi) is 4.68. The van der Waals surface area contributed by atoms with Crippen molar-refractivity contribution in [3.63, 3.8) is 0 Å². The van der Waals surface area contributed by atoms with Crippen molar-refractivity contribution in [2.75, 3.05) is 26.4 Å². The monoisotopic (exact) mass is 301 g/mol. The number of hydrogen-bond acceptors (Lipinski definition) is 4. The van der Waals surface area contributed by atoms with E-state index in [9.17, 15) is 9.90 Å². The summed E-state index contributed by atoms with van der Waals surface area (Å²) >= 11 is 0. The lowest BCUT2D eigenvalue weighted by atomic mass is 10.0. The first-order valence-corrected chi connectivity index (χ1v) is 7.38. The third kappa shape index (κ3) is 3.27. The third-order valence-corrected chi connectivity index (χ3v) is 3.76. The van der Waals surface area contributed by atoms with Crippen molar-refractivity contribution in [1.29, 1.82) is 0 Å². The second kappa shape index (κ2) is 6.87. The molecule has 0 aliphatic carbocycles. The summed E-state index contributed by atoms with van der Waals surface area (Å²) < 4.78 is 10.5. The van der Waals surface area contributed by atoms with Gasteiger partial charge in [0.05, 0.1) is 25.9 Å². The van der Waals surface area contributed by atoms with Gasteiger partial charge < -0.3 is 19.9 Å². The quantitative estimate of drug-likeness (QED) is 0.896. The average Bonchev–Trinajstić information content (AvgIpc) is 2.59. The fourth-order valence-corrected chi connectivity index (χ4v) is 2.60. The van der Waals surface area contributed by atoms with E-state index in [-0.39, 0.29) is 19.1 Å². The van der Waals surface area contributed by atoms with Gasteiger partial charge >= 0.3 is 0 Å². The minimum absolute atomic E-state index is 0.146. The van der Waals surface area contributed by atoms with Gasteiger partial charge in [-0.3, -0.25) is 4.79 Å². The fraction of sp³-hybridized carbons (Fsp3) is 0.353. The first-order chi connectivity index (χ1) is 10.8. The number of nitrogens with one attached hydrogen (secondary N) is 1. The fourth-order valence-electron chi connectivity index (χ4n) is 2.60. The summed E-state index contributed by atoms with van der Waals surface area (Å²) in [6.07, 6.45) is -1.35. The van der Waals surface area contributed by atoms with Crippen LogP contribution in [0.25, 0.3) is 10.8 Å². The van der Waals surface area contributed by atoms with Crippen LogP contribution in [0.1, 0.15) is 11.7 Å². The van der Waals surface area contributed by atoms with E-state index in [4.69, 9.17) is 9.47 Å². The van der Waals surface area contributed by atoms with Crippen LogP contribution in [0.15, 0.2) is 42.5 Å². The zero-order valence-electron chi connectivity index (χ0n) is 12.2. The molecule has 0 saturated carbocycles. The third-order valence-electron chi connectivity index (χ3n) is 3.76. The van der Waals surface area contributed by atoms with Crippen molar-refractivity contribution in [3.8, 4) is 0 Å². The van der Waals surface area contributed by atoms with E-state index >= 15 is 0 Å². The molecule has 1 aliphatic rings. The summed E-state index contributed by atoms with van der Waals surface area (Å²) in [7, 11) is 0. The van der Waals surface area contributed by atoms with Gasteiger partial charge in [0, 0.05) is 6.54 Å². The predicted molar refractivity (Wildman–Crippen MR) is 82.5 cm³/mol. The lowest BCUT2D eigenvalue weighted by Crippen LogP contribution is -2.43. The number of aliphatic hydroxyl groups is 1.